The minimum Gasteiger partial charge on any atom is -0.336 e. The van der Waals surface area contributed by atoms with Gasteiger partial charge in [-0.05, 0) is 6.42 Å². The first-order chi connectivity index (χ1) is 7.72. The zero-order chi connectivity index (χ0) is 11.5. The van der Waals surface area contributed by atoms with Crippen LogP contribution in [0.15, 0.2) is 24.8 Å². The predicted octanol–water partition coefficient (Wildman–Crippen LogP) is 1.07. The normalized spacial score (nSPS) is 12.9. The molecule has 86 valence electrons. The van der Waals surface area contributed by atoms with Gasteiger partial charge >= 0.3 is 0 Å². The van der Waals surface area contributed by atoms with Crippen molar-refractivity contribution in [2.24, 2.45) is 12.8 Å². The van der Waals surface area contributed by atoms with Crippen LogP contribution >= 0.6 is 0 Å². The Morgan fingerprint density at radius 1 is 1.50 bits per heavy atom. The first-order valence-electron chi connectivity index (χ1n) is 5.47. The van der Waals surface area contributed by atoms with Gasteiger partial charge in [0.05, 0.1) is 12.2 Å². The Kier molecular flexibility index (Phi) is 3.05. The van der Waals surface area contributed by atoms with Gasteiger partial charge in [0.1, 0.15) is 5.82 Å². The second-order valence-corrected chi connectivity index (χ2v) is 3.91. The molecular formula is C11H17N5. The summed E-state index contributed by atoms with van der Waals surface area (Å²) in [6.45, 7) is 3.05. The highest BCUT2D eigenvalue weighted by Crippen LogP contribution is 2.16. The molecule has 0 aromatic carbocycles. The van der Waals surface area contributed by atoms with E-state index >= 15 is 0 Å². The van der Waals surface area contributed by atoms with Crippen molar-refractivity contribution in [1.82, 2.24) is 19.3 Å². The molecule has 0 saturated carbocycles. The molecule has 0 aliphatic heterocycles. The van der Waals surface area contributed by atoms with Crippen molar-refractivity contribution in [2.75, 3.05) is 0 Å². The molecular weight excluding hydrogens is 202 g/mol. The van der Waals surface area contributed by atoms with Crippen LogP contribution in [0.4, 0.5) is 0 Å². The van der Waals surface area contributed by atoms with E-state index in [2.05, 4.69) is 17.0 Å². The maximum atomic E-state index is 6.13. The molecule has 2 aromatic heterocycles. The van der Waals surface area contributed by atoms with Gasteiger partial charge in [0, 0.05) is 37.7 Å². The largest absolute Gasteiger partial charge is 0.336 e. The fraction of sp³-hybridized carbons (Fsp3) is 0.455. The molecule has 16 heavy (non-hydrogen) atoms. The van der Waals surface area contributed by atoms with Crippen LogP contribution in [-0.2, 0) is 13.6 Å². The summed E-state index contributed by atoms with van der Waals surface area (Å²) in [7, 11) is 1.94. The Balaban J connectivity index is 2.20. The molecule has 0 spiro atoms. The van der Waals surface area contributed by atoms with E-state index in [1.807, 2.05) is 34.9 Å². The van der Waals surface area contributed by atoms with Crippen LogP contribution in [0.2, 0.25) is 0 Å². The monoisotopic (exact) mass is 219 g/mol. The van der Waals surface area contributed by atoms with Crippen LogP contribution in [0.1, 0.15) is 30.8 Å². The van der Waals surface area contributed by atoms with Crippen LogP contribution < -0.4 is 5.73 Å². The fourth-order valence-corrected chi connectivity index (χ4v) is 1.72. The van der Waals surface area contributed by atoms with Crippen molar-refractivity contribution in [3.8, 4) is 0 Å². The molecule has 2 heterocycles. The van der Waals surface area contributed by atoms with Gasteiger partial charge in [0.15, 0.2) is 0 Å². The van der Waals surface area contributed by atoms with Crippen molar-refractivity contribution < 1.29 is 0 Å². The van der Waals surface area contributed by atoms with Crippen molar-refractivity contribution in [3.63, 3.8) is 0 Å². The smallest absolute Gasteiger partial charge is 0.130 e. The zero-order valence-electron chi connectivity index (χ0n) is 9.67. The van der Waals surface area contributed by atoms with Gasteiger partial charge in [-0.1, -0.05) is 6.92 Å². The minimum atomic E-state index is -0.203. The molecule has 2 N–H and O–H groups in total. The van der Waals surface area contributed by atoms with Gasteiger partial charge in [-0.3, -0.25) is 4.68 Å². The minimum absolute atomic E-state index is 0.203. The van der Waals surface area contributed by atoms with E-state index in [9.17, 15) is 0 Å². The average molecular weight is 219 g/mol. The summed E-state index contributed by atoms with van der Waals surface area (Å²) >= 11 is 0. The molecule has 2 aromatic rings. The van der Waals surface area contributed by atoms with E-state index in [0.717, 1.165) is 24.4 Å². The first kappa shape index (κ1) is 10.9. The highest BCUT2D eigenvalue weighted by molar-refractivity contribution is 5.19. The SMILES string of the molecule is CCCn1cc(C(N)c2nccn2C)cn1. The molecule has 0 fully saturated rings. The average Bonchev–Trinajstić information content (AvgIpc) is 2.87. The second kappa shape index (κ2) is 4.49. The Morgan fingerprint density at radius 3 is 2.94 bits per heavy atom. The van der Waals surface area contributed by atoms with Crippen LogP contribution in [0.25, 0.3) is 0 Å². The number of imidazole rings is 1. The summed E-state index contributed by atoms with van der Waals surface area (Å²) in [5, 5.41) is 4.27. The first-order valence-corrected chi connectivity index (χ1v) is 5.47. The number of aryl methyl sites for hydroxylation is 2. The van der Waals surface area contributed by atoms with E-state index in [-0.39, 0.29) is 6.04 Å². The van der Waals surface area contributed by atoms with Gasteiger partial charge in [0.25, 0.3) is 0 Å². The van der Waals surface area contributed by atoms with Gasteiger partial charge in [0.2, 0.25) is 0 Å². The van der Waals surface area contributed by atoms with Crippen LogP contribution in [-0.4, -0.2) is 19.3 Å². The summed E-state index contributed by atoms with van der Waals surface area (Å²) in [6, 6.07) is -0.203. The highest BCUT2D eigenvalue weighted by Gasteiger charge is 2.14. The van der Waals surface area contributed by atoms with Crippen LogP contribution in [0.3, 0.4) is 0 Å². The molecule has 0 bridgehead atoms. The second-order valence-electron chi connectivity index (χ2n) is 3.91. The lowest BCUT2D eigenvalue weighted by atomic mass is 10.1. The summed E-state index contributed by atoms with van der Waals surface area (Å²) in [6.07, 6.45) is 8.52. The number of aromatic nitrogens is 4. The lowest BCUT2D eigenvalue weighted by Gasteiger charge is -2.08. The molecule has 0 saturated heterocycles. The molecule has 2 rings (SSSR count). The third-order valence-corrected chi connectivity index (χ3v) is 2.60. The van der Waals surface area contributed by atoms with Crippen LogP contribution in [0, 0.1) is 0 Å². The van der Waals surface area contributed by atoms with Gasteiger partial charge < -0.3 is 10.3 Å². The van der Waals surface area contributed by atoms with E-state index in [0.29, 0.717) is 0 Å². The topological polar surface area (TPSA) is 61.7 Å². The summed E-state index contributed by atoms with van der Waals surface area (Å²) in [4.78, 5) is 4.25. The number of hydrogen-bond acceptors (Lipinski definition) is 3. The molecule has 1 unspecified atom stereocenters. The summed E-state index contributed by atoms with van der Waals surface area (Å²) < 4.78 is 3.85. The third kappa shape index (κ3) is 1.99. The van der Waals surface area contributed by atoms with E-state index in [1.54, 1.807) is 6.20 Å². The molecule has 0 amide bonds. The molecule has 0 aliphatic carbocycles. The third-order valence-electron chi connectivity index (χ3n) is 2.60. The molecule has 0 aliphatic rings. The van der Waals surface area contributed by atoms with Crippen molar-refractivity contribution >= 4 is 0 Å². The number of hydrogen-bond donors (Lipinski definition) is 1. The van der Waals surface area contributed by atoms with Crippen molar-refractivity contribution in [3.05, 3.63) is 36.2 Å². The summed E-state index contributed by atoms with van der Waals surface area (Å²) in [5.41, 5.74) is 7.14. The number of rotatable bonds is 4. The molecule has 1 atom stereocenters. The maximum absolute atomic E-state index is 6.13. The zero-order valence-corrected chi connectivity index (χ0v) is 9.67. The van der Waals surface area contributed by atoms with Gasteiger partial charge in [-0.25, -0.2) is 4.98 Å². The molecule has 5 nitrogen and oxygen atoms in total. The summed E-state index contributed by atoms with van der Waals surface area (Å²) in [5.74, 6) is 0.857. The Morgan fingerprint density at radius 2 is 2.31 bits per heavy atom. The number of nitrogens with zero attached hydrogens (tertiary/aromatic N) is 4. The van der Waals surface area contributed by atoms with Crippen LogP contribution in [0.5, 0.6) is 0 Å². The van der Waals surface area contributed by atoms with Crippen molar-refractivity contribution in [1.29, 1.82) is 0 Å². The Bertz CT molecular complexity index is 456. The van der Waals surface area contributed by atoms with E-state index in [1.165, 1.54) is 0 Å². The van der Waals surface area contributed by atoms with E-state index in [4.69, 9.17) is 5.73 Å². The van der Waals surface area contributed by atoms with E-state index < -0.39 is 0 Å². The predicted molar refractivity (Wildman–Crippen MR) is 61.8 cm³/mol. The van der Waals surface area contributed by atoms with Crippen molar-refractivity contribution in [2.45, 2.75) is 25.9 Å². The maximum Gasteiger partial charge on any atom is 0.130 e. The van der Waals surface area contributed by atoms with Gasteiger partial charge in [-0.2, -0.15) is 5.10 Å². The molecule has 0 radical (unpaired) electrons. The highest BCUT2D eigenvalue weighted by atomic mass is 15.3. The lowest BCUT2D eigenvalue weighted by Crippen LogP contribution is -2.16. The fourth-order valence-electron chi connectivity index (χ4n) is 1.72. The van der Waals surface area contributed by atoms with Gasteiger partial charge in [-0.15, -0.1) is 0 Å². The quantitative estimate of drug-likeness (QED) is 0.836. The Hall–Kier alpha value is -1.62. The lowest BCUT2D eigenvalue weighted by molar-refractivity contribution is 0.601. The standard InChI is InChI=1S/C11H17N5/c1-3-5-16-8-9(7-14-16)10(12)11-13-4-6-15(11)2/h4,6-8,10H,3,5,12H2,1-2H3. The molecule has 5 heteroatoms. The Labute approximate surface area is 94.9 Å². The number of nitrogens with two attached hydrogens (primary N) is 1.